The van der Waals surface area contributed by atoms with Crippen molar-refractivity contribution >= 4 is 51.8 Å². The third kappa shape index (κ3) is 5.78. The van der Waals surface area contributed by atoms with E-state index in [1.165, 1.54) is 28.5 Å². The number of piperazine rings is 1. The van der Waals surface area contributed by atoms with Crippen LogP contribution in [0.3, 0.4) is 0 Å². The van der Waals surface area contributed by atoms with Crippen molar-refractivity contribution in [3.8, 4) is 11.8 Å². The van der Waals surface area contributed by atoms with Crippen molar-refractivity contribution < 1.29 is 13.9 Å². The minimum absolute atomic E-state index is 0.0485. The number of nitriles is 1. The molecule has 3 heterocycles. The largest absolute Gasteiger partial charge is 0.497 e. The molecule has 2 saturated heterocycles. The van der Waals surface area contributed by atoms with Crippen molar-refractivity contribution in [2.24, 2.45) is 7.05 Å². The number of hydrogen-bond donors (Lipinski definition) is 0. The number of anilines is 2. The van der Waals surface area contributed by atoms with Gasteiger partial charge >= 0.3 is 0 Å². The Bertz CT molecular complexity index is 1650. The summed E-state index contributed by atoms with van der Waals surface area (Å²) in [5.74, 6) is 0.941. The molecule has 0 spiro atoms. The van der Waals surface area contributed by atoms with E-state index in [0.29, 0.717) is 65.3 Å². The average molecular weight is 604 g/mol. The van der Waals surface area contributed by atoms with Gasteiger partial charge in [0.2, 0.25) is 0 Å². The molecule has 1 amide bonds. The number of nitrogens with zero attached hydrogens (tertiary/aromatic N) is 5. The van der Waals surface area contributed by atoms with Crippen molar-refractivity contribution in [3.05, 3.63) is 91.9 Å². The van der Waals surface area contributed by atoms with Crippen LogP contribution in [0.15, 0.2) is 58.2 Å². The van der Waals surface area contributed by atoms with Gasteiger partial charge in [-0.3, -0.25) is 19.1 Å². The molecule has 42 heavy (non-hydrogen) atoms. The number of thiocarbonyl (C=S) groups is 1. The Morgan fingerprint density at radius 2 is 1.69 bits per heavy atom. The Balaban J connectivity index is 1.42. The van der Waals surface area contributed by atoms with Crippen LogP contribution in [0.4, 0.5) is 15.9 Å². The van der Waals surface area contributed by atoms with E-state index in [4.69, 9.17) is 17.0 Å². The first kappa shape index (κ1) is 29.4. The average Bonchev–Trinajstić information content (AvgIpc) is 3.27. The van der Waals surface area contributed by atoms with Gasteiger partial charge in [-0.25, -0.2) is 4.39 Å². The van der Waals surface area contributed by atoms with Crippen LogP contribution in [0.5, 0.6) is 5.75 Å². The van der Waals surface area contributed by atoms with E-state index in [1.807, 2.05) is 24.3 Å². The van der Waals surface area contributed by atoms with Gasteiger partial charge in [-0.1, -0.05) is 36.1 Å². The fourth-order valence-electron chi connectivity index (χ4n) is 5.28. The Morgan fingerprint density at radius 3 is 2.31 bits per heavy atom. The van der Waals surface area contributed by atoms with Crippen molar-refractivity contribution in [3.63, 3.8) is 0 Å². The molecule has 2 fully saturated rings. The zero-order valence-corrected chi connectivity index (χ0v) is 25.2. The van der Waals surface area contributed by atoms with Gasteiger partial charge < -0.3 is 14.5 Å². The van der Waals surface area contributed by atoms with Crippen LogP contribution in [0.2, 0.25) is 0 Å². The lowest BCUT2D eigenvalue weighted by molar-refractivity contribution is -0.122. The third-order valence-corrected chi connectivity index (χ3v) is 9.05. The lowest BCUT2D eigenvalue weighted by Crippen LogP contribution is -2.48. The smallest absolute Gasteiger partial charge is 0.270 e. The first-order valence-corrected chi connectivity index (χ1v) is 14.7. The number of methoxy groups -OCH3 is 1. The van der Waals surface area contributed by atoms with E-state index < -0.39 is 0 Å². The lowest BCUT2D eigenvalue weighted by atomic mass is 10.0. The molecule has 5 rings (SSSR count). The second kappa shape index (κ2) is 12.4. The molecule has 2 aliphatic heterocycles. The van der Waals surface area contributed by atoms with Crippen molar-refractivity contribution in [1.29, 1.82) is 5.26 Å². The first-order chi connectivity index (χ1) is 20.2. The molecule has 8 nitrogen and oxygen atoms in total. The highest BCUT2D eigenvalue weighted by Gasteiger charge is 2.33. The standard InChI is InChI=1S/C31H30FN5O3S2/c1-20-25(18-27-30(39)37(31(41)42-27)13-12-21-4-10-24(40-3)11-5-21)28(34(2)29(38)26(20)19-33)36-16-14-35(15-17-36)23-8-6-22(32)7-9-23/h4-11,18H,12-17H2,1-3H3. The van der Waals surface area contributed by atoms with Crippen molar-refractivity contribution in [2.75, 3.05) is 49.6 Å². The van der Waals surface area contributed by atoms with E-state index in [9.17, 15) is 19.2 Å². The maximum absolute atomic E-state index is 13.5. The fraction of sp³-hybridized carbons (Fsp3) is 0.290. The molecule has 0 atom stereocenters. The predicted octanol–water partition coefficient (Wildman–Crippen LogP) is 4.48. The number of rotatable bonds is 7. The number of benzene rings is 2. The highest BCUT2D eigenvalue weighted by Crippen LogP contribution is 2.36. The first-order valence-electron chi connectivity index (χ1n) is 13.5. The van der Waals surface area contributed by atoms with Crippen molar-refractivity contribution in [1.82, 2.24) is 9.47 Å². The van der Waals surface area contributed by atoms with Gasteiger partial charge in [0.1, 0.15) is 33.3 Å². The molecule has 2 aliphatic rings. The summed E-state index contributed by atoms with van der Waals surface area (Å²) in [6, 6.07) is 16.2. The van der Waals surface area contributed by atoms with Crippen LogP contribution >= 0.6 is 24.0 Å². The number of hydrogen-bond acceptors (Lipinski definition) is 8. The maximum atomic E-state index is 13.5. The minimum Gasteiger partial charge on any atom is -0.497 e. The van der Waals surface area contributed by atoms with Gasteiger partial charge in [0.05, 0.1) is 12.0 Å². The van der Waals surface area contributed by atoms with Gasteiger partial charge in [0, 0.05) is 51.0 Å². The van der Waals surface area contributed by atoms with E-state index in [-0.39, 0.29) is 22.8 Å². The number of carbonyl (C=O) groups excluding carboxylic acids is 1. The van der Waals surface area contributed by atoms with E-state index in [1.54, 1.807) is 44.2 Å². The topological polar surface area (TPSA) is 81.8 Å². The molecule has 0 radical (unpaired) electrons. The molecule has 0 unspecified atom stereocenters. The number of aromatic nitrogens is 1. The summed E-state index contributed by atoms with van der Waals surface area (Å²) in [6.07, 6.45) is 2.40. The normalized spacial score (nSPS) is 16.4. The number of amides is 1. The SMILES string of the molecule is COc1ccc(CCN2C(=O)C(=Cc3c(C)c(C#N)c(=O)n(C)c3N3CCN(c4ccc(F)cc4)CC3)SC2=S)cc1. The van der Waals surface area contributed by atoms with E-state index in [2.05, 4.69) is 15.9 Å². The van der Waals surface area contributed by atoms with Crippen LogP contribution in [0.25, 0.3) is 6.08 Å². The molecule has 0 bridgehead atoms. The second-order valence-corrected chi connectivity index (χ2v) is 11.8. The Labute approximate surface area is 253 Å². The summed E-state index contributed by atoms with van der Waals surface area (Å²) in [5, 5.41) is 9.80. The van der Waals surface area contributed by atoms with Gasteiger partial charge in [0.25, 0.3) is 11.5 Å². The van der Waals surface area contributed by atoms with Crippen LogP contribution in [0, 0.1) is 24.1 Å². The minimum atomic E-state index is -0.379. The molecule has 2 aromatic carbocycles. The zero-order valence-electron chi connectivity index (χ0n) is 23.6. The summed E-state index contributed by atoms with van der Waals surface area (Å²) in [6.45, 7) is 4.69. The molecule has 11 heteroatoms. The third-order valence-electron chi connectivity index (χ3n) is 7.67. The maximum Gasteiger partial charge on any atom is 0.270 e. The van der Waals surface area contributed by atoms with Gasteiger partial charge in [-0.05, 0) is 66.9 Å². The summed E-state index contributed by atoms with van der Waals surface area (Å²) >= 11 is 6.80. The molecule has 0 aliphatic carbocycles. The number of thioether (sulfide) groups is 1. The zero-order chi connectivity index (χ0) is 30.0. The van der Waals surface area contributed by atoms with Gasteiger partial charge in [-0.2, -0.15) is 5.26 Å². The molecule has 3 aromatic rings. The monoisotopic (exact) mass is 603 g/mol. The summed E-state index contributed by atoms with van der Waals surface area (Å²) < 4.78 is 20.6. The lowest BCUT2D eigenvalue weighted by Gasteiger charge is -2.38. The summed E-state index contributed by atoms with van der Waals surface area (Å²) in [5.41, 5.74) is 2.84. The summed E-state index contributed by atoms with van der Waals surface area (Å²) in [4.78, 5) is 33.0. The molecular weight excluding hydrogens is 574 g/mol. The van der Waals surface area contributed by atoms with E-state index in [0.717, 1.165) is 17.0 Å². The molecule has 0 N–H and O–H groups in total. The van der Waals surface area contributed by atoms with Crippen LogP contribution in [-0.4, -0.2) is 59.5 Å². The quantitative estimate of drug-likeness (QED) is 0.289. The molecule has 0 saturated carbocycles. The Morgan fingerprint density at radius 1 is 1.05 bits per heavy atom. The van der Waals surface area contributed by atoms with Gasteiger partial charge in [0.15, 0.2) is 0 Å². The van der Waals surface area contributed by atoms with Crippen LogP contribution in [-0.2, 0) is 18.3 Å². The second-order valence-electron chi connectivity index (χ2n) is 10.1. The summed E-state index contributed by atoms with van der Waals surface area (Å²) in [7, 11) is 3.27. The molecular formula is C31H30FN5O3S2. The van der Waals surface area contributed by atoms with Gasteiger partial charge in [-0.15, -0.1) is 0 Å². The number of halogens is 1. The number of ether oxygens (including phenoxy) is 1. The highest BCUT2D eigenvalue weighted by molar-refractivity contribution is 8.26. The van der Waals surface area contributed by atoms with Crippen molar-refractivity contribution in [2.45, 2.75) is 13.3 Å². The van der Waals surface area contributed by atoms with E-state index >= 15 is 0 Å². The predicted molar refractivity (Wildman–Crippen MR) is 169 cm³/mol. The highest BCUT2D eigenvalue weighted by atomic mass is 32.2. The molecule has 1 aromatic heterocycles. The Kier molecular flexibility index (Phi) is 8.66. The fourth-order valence-corrected chi connectivity index (χ4v) is 6.57. The molecule has 216 valence electrons. The van der Waals surface area contributed by atoms with Crippen LogP contribution < -0.4 is 20.1 Å². The Hall–Kier alpha value is -4.14. The number of pyridine rings is 1. The van der Waals surface area contributed by atoms with Crippen LogP contribution in [0.1, 0.15) is 22.3 Å². The number of carbonyl (C=O) groups is 1.